The molecule has 0 bridgehead atoms. The number of anilines is 1. The van der Waals surface area contributed by atoms with E-state index in [1.807, 2.05) is 6.92 Å². The minimum absolute atomic E-state index is 0.160. The van der Waals surface area contributed by atoms with Gasteiger partial charge in [0.25, 0.3) is 0 Å². The maximum Gasteiger partial charge on any atom is 0.338 e. The average Bonchev–Trinajstić information content (AvgIpc) is 2.50. The third-order valence-electron chi connectivity index (χ3n) is 1.52. The molecule has 0 saturated heterocycles. The molecule has 0 amide bonds. The lowest BCUT2D eigenvalue weighted by Gasteiger charge is -2.08. The van der Waals surface area contributed by atoms with E-state index in [-0.39, 0.29) is 5.56 Å². The summed E-state index contributed by atoms with van der Waals surface area (Å²) in [6.07, 6.45) is 0. The van der Waals surface area contributed by atoms with E-state index in [0.29, 0.717) is 5.00 Å². The Balaban J connectivity index is 3.24. The van der Waals surface area contributed by atoms with Crippen molar-refractivity contribution in [2.45, 2.75) is 6.92 Å². The average molecular weight is 211 g/mol. The first-order valence-corrected chi connectivity index (χ1v) is 4.49. The summed E-state index contributed by atoms with van der Waals surface area (Å²) < 4.78 is 0. The molecule has 6 heteroatoms. The molecule has 0 fully saturated rings. The second-order valence-electron chi connectivity index (χ2n) is 2.45. The van der Waals surface area contributed by atoms with Crippen LogP contribution >= 0.6 is 11.3 Å². The van der Waals surface area contributed by atoms with E-state index in [0.717, 1.165) is 10.00 Å². The van der Waals surface area contributed by atoms with Crippen LogP contribution in [0.1, 0.15) is 15.2 Å². The van der Waals surface area contributed by atoms with Gasteiger partial charge in [0.2, 0.25) is 0 Å². The van der Waals surface area contributed by atoms with E-state index in [2.05, 4.69) is 23.6 Å². The summed E-state index contributed by atoms with van der Waals surface area (Å²) in [4.78, 5) is 11.7. The number of hydrazone groups is 2. The number of aromatic carboxylic acids is 1. The van der Waals surface area contributed by atoms with Gasteiger partial charge in [-0.1, -0.05) is 0 Å². The minimum atomic E-state index is -1.01. The number of nitrogens with zero attached hydrogens (tertiary/aromatic N) is 3. The lowest BCUT2D eigenvalue weighted by Crippen LogP contribution is -2.08. The van der Waals surface area contributed by atoms with Crippen LogP contribution in [-0.2, 0) is 0 Å². The van der Waals surface area contributed by atoms with Crippen molar-refractivity contribution in [3.8, 4) is 0 Å². The van der Waals surface area contributed by atoms with Gasteiger partial charge in [0.05, 0.1) is 5.56 Å². The van der Waals surface area contributed by atoms with Gasteiger partial charge in [-0.15, -0.1) is 16.5 Å². The van der Waals surface area contributed by atoms with E-state index in [4.69, 9.17) is 5.11 Å². The second kappa shape index (κ2) is 4.01. The molecule has 74 valence electrons. The molecular formula is C8H9N3O2S. The van der Waals surface area contributed by atoms with Crippen LogP contribution < -0.4 is 5.12 Å². The van der Waals surface area contributed by atoms with Crippen molar-refractivity contribution in [1.29, 1.82) is 0 Å². The highest BCUT2D eigenvalue weighted by Gasteiger charge is 2.18. The Bertz CT molecular complexity index is 378. The Hall–Kier alpha value is -1.69. The molecule has 1 rings (SSSR count). The highest BCUT2D eigenvalue weighted by Crippen LogP contribution is 2.31. The monoisotopic (exact) mass is 211 g/mol. The van der Waals surface area contributed by atoms with Crippen LogP contribution in [0.15, 0.2) is 16.3 Å². The summed E-state index contributed by atoms with van der Waals surface area (Å²) in [6, 6.07) is 1.56. The molecule has 0 unspecified atom stereocenters. The van der Waals surface area contributed by atoms with Gasteiger partial charge >= 0.3 is 5.97 Å². The van der Waals surface area contributed by atoms with Crippen molar-refractivity contribution in [1.82, 2.24) is 0 Å². The van der Waals surface area contributed by atoms with Crippen LogP contribution in [-0.4, -0.2) is 24.5 Å². The summed E-state index contributed by atoms with van der Waals surface area (Å²) in [5.41, 5.74) is 0.160. The van der Waals surface area contributed by atoms with Gasteiger partial charge in [0.15, 0.2) is 5.00 Å². The SMILES string of the molecule is C=NN(N=C)c1sc(C)cc1C(=O)O. The fourth-order valence-corrected chi connectivity index (χ4v) is 1.91. The van der Waals surface area contributed by atoms with Crippen LogP contribution in [0.3, 0.4) is 0 Å². The second-order valence-corrected chi connectivity index (χ2v) is 3.69. The number of carboxylic acid groups (broad SMARTS) is 1. The molecule has 0 spiro atoms. The van der Waals surface area contributed by atoms with Crippen molar-refractivity contribution >= 4 is 35.7 Å². The molecule has 1 aromatic rings. The normalized spacial score (nSPS) is 9.50. The first kappa shape index (κ1) is 10.4. The zero-order chi connectivity index (χ0) is 10.7. The fraction of sp³-hybridized carbons (Fsp3) is 0.125. The van der Waals surface area contributed by atoms with Gasteiger partial charge in [0.1, 0.15) is 0 Å². The van der Waals surface area contributed by atoms with Crippen molar-refractivity contribution < 1.29 is 9.90 Å². The molecule has 0 aliphatic carbocycles. The highest BCUT2D eigenvalue weighted by atomic mass is 32.1. The maximum atomic E-state index is 10.8. The predicted molar refractivity (Wildman–Crippen MR) is 57.6 cm³/mol. The van der Waals surface area contributed by atoms with Gasteiger partial charge in [-0.3, -0.25) is 0 Å². The topological polar surface area (TPSA) is 65.3 Å². The van der Waals surface area contributed by atoms with Crippen molar-refractivity contribution in [3.05, 3.63) is 16.5 Å². The summed E-state index contributed by atoms with van der Waals surface area (Å²) >= 11 is 1.28. The van der Waals surface area contributed by atoms with E-state index >= 15 is 0 Å². The van der Waals surface area contributed by atoms with E-state index < -0.39 is 5.97 Å². The number of aryl methyl sites for hydroxylation is 1. The fourth-order valence-electron chi connectivity index (χ4n) is 0.977. The molecule has 0 aromatic carbocycles. The number of carboxylic acids is 1. The molecule has 0 aliphatic rings. The first-order valence-electron chi connectivity index (χ1n) is 3.67. The Morgan fingerprint density at radius 2 is 2.14 bits per heavy atom. The van der Waals surface area contributed by atoms with Gasteiger partial charge in [-0.25, -0.2) is 4.79 Å². The number of hydrogen-bond acceptors (Lipinski definition) is 5. The standard InChI is InChI=1S/C8H9N3O2S/c1-5-4-6(8(12)13)7(14-5)11(9-2)10-3/h4H,2-3H2,1H3,(H,12,13). The lowest BCUT2D eigenvalue weighted by molar-refractivity contribution is 0.0698. The van der Waals surface area contributed by atoms with Gasteiger partial charge in [-0.05, 0) is 13.0 Å². The van der Waals surface area contributed by atoms with Crippen molar-refractivity contribution in [3.63, 3.8) is 0 Å². The van der Waals surface area contributed by atoms with E-state index in [1.165, 1.54) is 11.3 Å². The molecule has 1 aromatic heterocycles. The predicted octanol–water partition coefficient (Wildman–Crippen LogP) is 1.79. The van der Waals surface area contributed by atoms with Crippen molar-refractivity contribution in [2.75, 3.05) is 5.12 Å². The quantitative estimate of drug-likeness (QED) is 0.610. The number of carbonyl (C=O) groups is 1. The van der Waals surface area contributed by atoms with Crippen molar-refractivity contribution in [2.24, 2.45) is 10.2 Å². The first-order chi connectivity index (χ1) is 6.60. The molecule has 14 heavy (non-hydrogen) atoms. The number of hydrogen-bond donors (Lipinski definition) is 1. The molecule has 1 heterocycles. The zero-order valence-corrected chi connectivity index (χ0v) is 8.41. The van der Waals surface area contributed by atoms with Gasteiger partial charge in [-0.2, -0.15) is 10.2 Å². The third-order valence-corrected chi connectivity index (χ3v) is 2.53. The Morgan fingerprint density at radius 3 is 2.57 bits per heavy atom. The number of thiophene rings is 1. The molecular weight excluding hydrogens is 202 g/mol. The summed E-state index contributed by atoms with van der Waals surface area (Å²) in [5, 5.41) is 17.5. The molecule has 0 radical (unpaired) electrons. The Labute approximate surface area is 85.0 Å². The Kier molecular flexibility index (Phi) is 2.98. The Morgan fingerprint density at radius 1 is 1.57 bits per heavy atom. The van der Waals surface area contributed by atoms with E-state index in [9.17, 15) is 4.79 Å². The molecule has 5 nitrogen and oxygen atoms in total. The highest BCUT2D eigenvalue weighted by molar-refractivity contribution is 7.16. The summed E-state index contributed by atoms with van der Waals surface area (Å²) in [6.45, 7) is 8.36. The summed E-state index contributed by atoms with van der Waals surface area (Å²) in [7, 11) is 0. The van der Waals surface area contributed by atoms with Gasteiger partial charge < -0.3 is 5.11 Å². The third kappa shape index (κ3) is 1.80. The van der Waals surface area contributed by atoms with Crippen LogP contribution in [0.5, 0.6) is 0 Å². The lowest BCUT2D eigenvalue weighted by atomic mass is 10.3. The number of rotatable bonds is 4. The molecule has 1 N–H and O–H groups in total. The van der Waals surface area contributed by atoms with Crippen LogP contribution in [0.4, 0.5) is 5.00 Å². The molecule has 0 aliphatic heterocycles. The zero-order valence-electron chi connectivity index (χ0n) is 7.60. The van der Waals surface area contributed by atoms with Gasteiger partial charge in [0, 0.05) is 18.3 Å². The smallest absolute Gasteiger partial charge is 0.338 e. The van der Waals surface area contributed by atoms with Crippen LogP contribution in [0.2, 0.25) is 0 Å². The minimum Gasteiger partial charge on any atom is -0.478 e. The summed E-state index contributed by atoms with van der Waals surface area (Å²) in [5.74, 6) is -1.01. The molecule has 0 atom stereocenters. The maximum absolute atomic E-state index is 10.8. The molecule has 0 saturated carbocycles. The largest absolute Gasteiger partial charge is 0.478 e. The van der Waals surface area contributed by atoms with Crippen LogP contribution in [0, 0.1) is 6.92 Å². The van der Waals surface area contributed by atoms with E-state index in [1.54, 1.807) is 6.07 Å². The van der Waals surface area contributed by atoms with Crippen LogP contribution in [0.25, 0.3) is 0 Å².